The molecule has 1 fully saturated rings. The lowest BCUT2D eigenvalue weighted by Gasteiger charge is -2.41. The summed E-state index contributed by atoms with van der Waals surface area (Å²) in [4.78, 5) is 21.7. The lowest BCUT2D eigenvalue weighted by atomic mass is 9.76. The summed E-state index contributed by atoms with van der Waals surface area (Å²) in [7, 11) is 1.32. The molecule has 0 spiro atoms. The molecule has 0 radical (unpaired) electrons. The van der Waals surface area contributed by atoms with Gasteiger partial charge in [-0.25, -0.2) is 0 Å². The van der Waals surface area contributed by atoms with E-state index in [-0.39, 0.29) is 18.1 Å². The molecule has 0 aliphatic carbocycles. The molecule has 18 heavy (non-hydrogen) atoms. The average molecular weight is 251 g/mol. The molecule has 6 nitrogen and oxygen atoms in total. The number of rotatable bonds is 4. The van der Waals surface area contributed by atoms with E-state index in [0.29, 0.717) is 13.2 Å². The van der Waals surface area contributed by atoms with Crippen molar-refractivity contribution in [3.05, 3.63) is 39.9 Å². The molecule has 0 bridgehead atoms. The Morgan fingerprint density at radius 3 is 2.78 bits per heavy atom. The zero-order valence-corrected chi connectivity index (χ0v) is 9.92. The first-order chi connectivity index (χ1) is 8.57. The standard InChI is InChI=1S/C12H13NO5/c1-17-11(14)6-12(7-18-8-12)9-3-2-4-10(5-9)13(15)16/h2-5H,6-8H2,1H3. The monoisotopic (exact) mass is 251 g/mol. The van der Waals surface area contributed by atoms with Gasteiger partial charge in [-0.3, -0.25) is 14.9 Å². The van der Waals surface area contributed by atoms with Gasteiger partial charge in [0.05, 0.1) is 37.1 Å². The quantitative estimate of drug-likeness (QED) is 0.459. The molecular weight excluding hydrogens is 238 g/mol. The third-order valence-electron chi connectivity index (χ3n) is 3.14. The van der Waals surface area contributed by atoms with Crippen LogP contribution in [0.3, 0.4) is 0 Å². The number of methoxy groups -OCH3 is 1. The van der Waals surface area contributed by atoms with E-state index in [2.05, 4.69) is 4.74 Å². The van der Waals surface area contributed by atoms with Crippen LogP contribution in [-0.2, 0) is 19.7 Å². The topological polar surface area (TPSA) is 78.7 Å². The predicted octanol–water partition coefficient (Wildman–Crippen LogP) is 1.43. The number of carbonyl (C=O) groups excluding carboxylic acids is 1. The molecule has 0 unspecified atom stereocenters. The number of nitro groups is 1. The van der Waals surface area contributed by atoms with Crippen LogP contribution in [0.2, 0.25) is 0 Å². The van der Waals surface area contributed by atoms with E-state index in [1.807, 2.05) is 0 Å². The van der Waals surface area contributed by atoms with Gasteiger partial charge in [0.15, 0.2) is 0 Å². The first-order valence-electron chi connectivity index (χ1n) is 5.47. The van der Waals surface area contributed by atoms with Gasteiger partial charge in [-0.2, -0.15) is 0 Å². The van der Waals surface area contributed by atoms with Crippen molar-refractivity contribution in [1.29, 1.82) is 0 Å². The van der Waals surface area contributed by atoms with Crippen LogP contribution in [0.4, 0.5) is 5.69 Å². The summed E-state index contributed by atoms with van der Waals surface area (Å²) in [5.41, 5.74) is 0.274. The van der Waals surface area contributed by atoms with E-state index in [1.54, 1.807) is 12.1 Å². The Bertz CT molecular complexity index is 481. The summed E-state index contributed by atoms with van der Waals surface area (Å²) in [5.74, 6) is -0.343. The Labute approximate surface area is 104 Å². The Morgan fingerprint density at radius 1 is 1.56 bits per heavy atom. The largest absolute Gasteiger partial charge is 0.469 e. The minimum Gasteiger partial charge on any atom is -0.469 e. The maximum atomic E-state index is 11.4. The van der Waals surface area contributed by atoms with Gasteiger partial charge < -0.3 is 9.47 Å². The van der Waals surface area contributed by atoms with Gasteiger partial charge >= 0.3 is 5.97 Å². The molecule has 6 heteroatoms. The van der Waals surface area contributed by atoms with Gasteiger partial charge in [0.1, 0.15) is 0 Å². The van der Waals surface area contributed by atoms with Gasteiger partial charge in [0, 0.05) is 12.1 Å². The van der Waals surface area contributed by atoms with Crippen molar-refractivity contribution in [1.82, 2.24) is 0 Å². The van der Waals surface area contributed by atoms with Gasteiger partial charge in [0.2, 0.25) is 0 Å². The SMILES string of the molecule is COC(=O)CC1(c2cccc([N+](=O)[O-])c2)COC1. The number of carbonyl (C=O) groups is 1. The maximum Gasteiger partial charge on any atom is 0.306 e. The maximum absolute atomic E-state index is 11.4. The Morgan fingerprint density at radius 2 is 2.28 bits per heavy atom. The van der Waals surface area contributed by atoms with Crippen LogP contribution in [0, 0.1) is 10.1 Å². The third kappa shape index (κ3) is 2.19. The van der Waals surface area contributed by atoms with Gasteiger partial charge in [-0.1, -0.05) is 12.1 Å². The summed E-state index contributed by atoms with van der Waals surface area (Å²) in [6, 6.07) is 6.31. The van der Waals surface area contributed by atoms with Crippen LogP contribution in [0.1, 0.15) is 12.0 Å². The number of nitrogens with zero attached hydrogens (tertiary/aromatic N) is 1. The van der Waals surface area contributed by atoms with Crippen LogP contribution in [-0.4, -0.2) is 31.2 Å². The smallest absolute Gasteiger partial charge is 0.306 e. The van der Waals surface area contributed by atoms with E-state index in [9.17, 15) is 14.9 Å². The predicted molar refractivity (Wildman–Crippen MR) is 62.2 cm³/mol. The van der Waals surface area contributed by atoms with Crippen LogP contribution in [0.5, 0.6) is 0 Å². The second-order valence-electron chi connectivity index (χ2n) is 4.33. The molecule has 1 aromatic carbocycles. The van der Waals surface area contributed by atoms with Gasteiger partial charge in [-0.15, -0.1) is 0 Å². The zero-order valence-electron chi connectivity index (χ0n) is 9.92. The number of hydrogen-bond acceptors (Lipinski definition) is 5. The first-order valence-corrected chi connectivity index (χ1v) is 5.47. The second-order valence-corrected chi connectivity index (χ2v) is 4.33. The fraction of sp³-hybridized carbons (Fsp3) is 0.417. The Hall–Kier alpha value is -1.95. The van der Waals surface area contributed by atoms with Gasteiger partial charge in [0.25, 0.3) is 5.69 Å². The van der Waals surface area contributed by atoms with Crippen molar-refractivity contribution >= 4 is 11.7 Å². The second kappa shape index (κ2) is 4.73. The molecule has 1 aromatic rings. The van der Waals surface area contributed by atoms with E-state index < -0.39 is 10.3 Å². The highest BCUT2D eigenvalue weighted by Crippen LogP contribution is 2.37. The third-order valence-corrected chi connectivity index (χ3v) is 3.14. The summed E-state index contributed by atoms with van der Waals surface area (Å²) >= 11 is 0. The Kier molecular flexibility index (Phi) is 3.29. The molecule has 1 saturated heterocycles. The van der Waals surface area contributed by atoms with Crippen molar-refractivity contribution in [2.24, 2.45) is 0 Å². The van der Waals surface area contributed by atoms with Crippen molar-refractivity contribution in [3.63, 3.8) is 0 Å². The number of nitro benzene ring substituents is 1. The number of non-ortho nitro benzene ring substituents is 1. The molecule has 2 rings (SSSR count). The molecule has 1 aliphatic rings. The molecule has 0 atom stereocenters. The van der Waals surface area contributed by atoms with Crippen LogP contribution in [0.15, 0.2) is 24.3 Å². The molecule has 0 amide bonds. The van der Waals surface area contributed by atoms with Crippen LogP contribution in [0.25, 0.3) is 0 Å². The lowest BCUT2D eigenvalue weighted by Crippen LogP contribution is -2.48. The summed E-state index contributed by atoms with van der Waals surface area (Å²) in [5, 5.41) is 10.7. The summed E-state index contributed by atoms with van der Waals surface area (Å²) < 4.78 is 9.81. The van der Waals surface area contributed by atoms with E-state index in [1.165, 1.54) is 19.2 Å². The molecule has 0 saturated carbocycles. The number of hydrogen-bond donors (Lipinski definition) is 0. The highest BCUT2D eigenvalue weighted by molar-refractivity contribution is 5.71. The molecule has 1 heterocycles. The fourth-order valence-corrected chi connectivity index (χ4v) is 2.02. The number of ether oxygens (including phenoxy) is 2. The van der Waals surface area contributed by atoms with Crippen molar-refractivity contribution < 1.29 is 19.2 Å². The number of benzene rings is 1. The van der Waals surface area contributed by atoms with Crippen molar-refractivity contribution in [3.8, 4) is 0 Å². The number of esters is 1. The Balaban J connectivity index is 2.29. The zero-order chi connectivity index (χ0) is 13.2. The van der Waals surface area contributed by atoms with Crippen molar-refractivity contribution in [2.75, 3.05) is 20.3 Å². The molecule has 0 aromatic heterocycles. The van der Waals surface area contributed by atoms with Crippen LogP contribution < -0.4 is 0 Å². The highest BCUT2D eigenvalue weighted by Gasteiger charge is 2.43. The normalized spacial score (nSPS) is 16.7. The van der Waals surface area contributed by atoms with E-state index >= 15 is 0 Å². The first kappa shape index (κ1) is 12.5. The fourth-order valence-electron chi connectivity index (χ4n) is 2.02. The van der Waals surface area contributed by atoms with Gasteiger partial charge in [-0.05, 0) is 5.56 Å². The molecule has 96 valence electrons. The molecule has 0 N–H and O–H groups in total. The minimum atomic E-state index is -0.487. The molecule has 1 aliphatic heterocycles. The average Bonchev–Trinajstić information content (AvgIpc) is 2.33. The molecular formula is C12H13NO5. The summed E-state index contributed by atoms with van der Waals surface area (Å²) in [6.07, 6.45) is 0.171. The summed E-state index contributed by atoms with van der Waals surface area (Å²) in [6.45, 7) is 0.756. The van der Waals surface area contributed by atoms with E-state index in [4.69, 9.17) is 4.74 Å². The van der Waals surface area contributed by atoms with Crippen molar-refractivity contribution in [2.45, 2.75) is 11.8 Å². The highest BCUT2D eigenvalue weighted by atomic mass is 16.6. The van der Waals surface area contributed by atoms with E-state index in [0.717, 1.165) is 5.56 Å². The minimum absolute atomic E-state index is 0.0173. The lowest BCUT2D eigenvalue weighted by molar-refractivity contribution is -0.385. The van der Waals surface area contributed by atoms with Crippen LogP contribution >= 0.6 is 0 Å².